The van der Waals surface area contributed by atoms with Crippen molar-refractivity contribution in [3.05, 3.63) is 69.5 Å². The maximum Gasteiger partial charge on any atom is 0.272 e. The summed E-state index contributed by atoms with van der Waals surface area (Å²) in [5.41, 5.74) is 2.48. The molecule has 110 valence electrons. The normalized spacial score (nSPS) is 10.4. The second kappa shape index (κ2) is 6.83. The zero-order chi connectivity index (χ0) is 15.2. The number of halogens is 1. The monoisotopic (exact) mass is 288 g/mol. The second-order valence-corrected chi connectivity index (χ2v) is 4.88. The van der Waals surface area contributed by atoms with E-state index in [0.29, 0.717) is 12.1 Å². The highest BCUT2D eigenvalue weighted by Gasteiger charge is 2.09. The van der Waals surface area contributed by atoms with Crippen LogP contribution in [0.4, 0.5) is 15.8 Å². The molecule has 0 saturated carbocycles. The standard InChI is InChI=1S/C16H17FN2O2/c1-2-3-12-4-6-15(7-5-12)18-11-13-8-14(17)10-16(9-13)19(20)21/h4-10,18H,2-3,11H2,1H3. The summed E-state index contributed by atoms with van der Waals surface area (Å²) in [5.74, 6) is -0.598. The van der Waals surface area contributed by atoms with Gasteiger partial charge in [-0.2, -0.15) is 0 Å². The van der Waals surface area contributed by atoms with E-state index in [-0.39, 0.29) is 5.69 Å². The second-order valence-electron chi connectivity index (χ2n) is 4.88. The fourth-order valence-electron chi connectivity index (χ4n) is 2.12. The number of benzene rings is 2. The Labute approximate surface area is 122 Å². The molecular formula is C16H17FN2O2. The Morgan fingerprint density at radius 3 is 2.48 bits per heavy atom. The van der Waals surface area contributed by atoms with E-state index in [0.717, 1.165) is 24.6 Å². The van der Waals surface area contributed by atoms with E-state index in [1.807, 2.05) is 24.3 Å². The molecule has 1 N–H and O–H groups in total. The van der Waals surface area contributed by atoms with Crippen LogP contribution in [0.1, 0.15) is 24.5 Å². The van der Waals surface area contributed by atoms with Crippen molar-refractivity contribution in [1.29, 1.82) is 0 Å². The van der Waals surface area contributed by atoms with Gasteiger partial charge in [-0.25, -0.2) is 4.39 Å². The third-order valence-corrected chi connectivity index (χ3v) is 3.14. The van der Waals surface area contributed by atoms with Gasteiger partial charge in [0.25, 0.3) is 5.69 Å². The summed E-state index contributed by atoms with van der Waals surface area (Å²) in [6.45, 7) is 2.47. The van der Waals surface area contributed by atoms with E-state index in [4.69, 9.17) is 0 Å². The maximum atomic E-state index is 13.3. The van der Waals surface area contributed by atoms with E-state index in [1.54, 1.807) is 0 Å². The number of nitro benzene ring substituents is 1. The molecule has 0 aliphatic carbocycles. The summed E-state index contributed by atoms with van der Waals surface area (Å²) in [7, 11) is 0. The van der Waals surface area contributed by atoms with Gasteiger partial charge < -0.3 is 5.32 Å². The van der Waals surface area contributed by atoms with Crippen LogP contribution >= 0.6 is 0 Å². The van der Waals surface area contributed by atoms with Crippen molar-refractivity contribution in [3.8, 4) is 0 Å². The average Bonchev–Trinajstić information content (AvgIpc) is 2.46. The lowest BCUT2D eigenvalue weighted by molar-refractivity contribution is -0.385. The minimum Gasteiger partial charge on any atom is -0.381 e. The largest absolute Gasteiger partial charge is 0.381 e. The average molecular weight is 288 g/mol. The summed E-state index contributed by atoms with van der Waals surface area (Å²) in [5, 5.41) is 13.8. The van der Waals surface area contributed by atoms with Gasteiger partial charge in [-0.15, -0.1) is 0 Å². The van der Waals surface area contributed by atoms with Gasteiger partial charge in [-0.1, -0.05) is 25.5 Å². The molecule has 0 radical (unpaired) electrons. The molecule has 0 atom stereocenters. The number of nitrogens with one attached hydrogen (secondary N) is 1. The van der Waals surface area contributed by atoms with Gasteiger partial charge in [0.2, 0.25) is 0 Å². The Morgan fingerprint density at radius 1 is 1.14 bits per heavy atom. The van der Waals surface area contributed by atoms with Gasteiger partial charge >= 0.3 is 0 Å². The summed E-state index contributed by atoms with van der Waals surface area (Å²) < 4.78 is 13.3. The number of rotatable bonds is 6. The Kier molecular flexibility index (Phi) is 4.87. The van der Waals surface area contributed by atoms with Gasteiger partial charge in [-0.05, 0) is 35.7 Å². The Bertz CT molecular complexity index is 627. The van der Waals surface area contributed by atoms with Crippen LogP contribution in [0.15, 0.2) is 42.5 Å². The molecule has 2 aromatic carbocycles. The van der Waals surface area contributed by atoms with Crippen molar-refractivity contribution < 1.29 is 9.31 Å². The topological polar surface area (TPSA) is 55.2 Å². The third-order valence-electron chi connectivity index (χ3n) is 3.14. The molecule has 21 heavy (non-hydrogen) atoms. The molecule has 0 aliphatic rings. The molecule has 4 nitrogen and oxygen atoms in total. The number of nitrogens with zero attached hydrogens (tertiary/aromatic N) is 1. The fourth-order valence-corrected chi connectivity index (χ4v) is 2.12. The molecule has 2 aromatic rings. The Hall–Kier alpha value is -2.43. The first-order chi connectivity index (χ1) is 10.1. The molecule has 0 spiro atoms. The van der Waals surface area contributed by atoms with Crippen LogP contribution in [0.3, 0.4) is 0 Å². The van der Waals surface area contributed by atoms with E-state index >= 15 is 0 Å². The highest BCUT2D eigenvalue weighted by atomic mass is 19.1. The number of non-ortho nitro benzene ring substituents is 1. The number of hydrogen-bond donors (Lipinski definition) is 1. The smallest absolute Gasteiger partial charge is 0.272 e. The number of aryl methyl sites for hydroxylation is 1. The lowest BCUT2D eigenvalue weighted by atomic mass is 10.1. The van der Waals surface area contributed by atoms with Crippen molar-refractivity contribution in [2.24, 2.45) is 0 Å². The molecule has 0 saturated heterocycles. The van der Waals surface area contributed by atoms with Crippen LogP contribution in [-0.2, 0) is 13.0 Å². The predicted molar refractivity (Wildman–Crippen MR) is 80.8 cm³/mol. The first-order valence-electron chi connectivity index (χ1n) is 6.85. The van der Waals surface area contributed by atoms with Crippen molar-refractivity contribution >= 4 is 11.4 Å². The lowest BCUT2D eigenvalue weighted by Gasteiger charge is -2.08. The van der Waals surface area contributed by atoms with Crippen LogP contribution < -0.4 is 5.32 Å². The van der Waals surface area contributed by atoms with Crippen molar-refractivity contribution in [1.82, 2.24) is 0 Å². The molecular weight excluding hydrogens is 271 g/mol. The van der Waals surface area contributed by atoms with Crippen LogP contribution in [-0.4, -0.2) is 4.92 Å². The van der Waals surface area contributed by atoms with Gasteiger partial charge in [0.1, 0.15) is 5.82 Å². The van der Waals surface area contributed by atoms with Crippen molar-refractivity contribution in [3.63, 3.8) is 0 Å². The minimum absolute atomic E-state index is 0.231. The highest BCUT2D eigenvalue weighted by molar-refractivity contribution is 5.46. The van der Waals surface area contributed by atoms with E-state index in [9.17, 15) is 14.5 Å². The van der Waals surface area contributed by atoms with Crippen molar-refractivity contribution in [2.75, 3.05) is 5.32 Å². The minimum atomic E-state index is -0.598. The molecule has 5 heteroatoms. The van der Waals surface area contributed by atoms with Crippen LogP contribution in [0.5, 0.6) is 0 Å². The van der Waals surface area contributed by atoms with Crippen LogP contribution in [0, 0.1) is 15.9 Å². The van der Waals surface area contributed by atoms with Crippen molar-refractivity contribution in [2.45, 2.75) is 26.3 Å². The Morgan fingerprint density at radius 2 is 1.86 bits per heavy atom. The predicted octanol–water partition coefficient (Wildman–Crippen LogP) is 4.30. The summed E-state index contributed by atoms with van der Waals surface area (Å²) >= 11 is 0. The zero-order valence-corrected chi connectivity index (χ0v) is 11.8. The summed E-state index contributed by atoms with van der Waals surface area (Å²) in [4.78, 5) is 10.1. The molecule has 0 unspecified atom stereocenters. The van der Waals surface area contributed by atoms with Crippen LogP contribution in [0.25, 0.3) is 0 Å². The molecule has 0 heterocycles. The highest BCUT2D eigenvalue weighted by Crippen LogP contribution is 2.18. The quantitative estimate of drug-likeness (QED) is 0.637. The maximum absolute atomic E-state index is 13.3. The number of anilines is 1. The molecule has 0 amide bonds. The fraction of sp³-hybridized carbons (Fsp3) is 0.250. The molecule has 0 aliphatic heterocycles. The number of hydrogen-bond acceptors (Lipinski definition) is 3. The van der Waals surface area contributed by atoms with Gasteiger partial charge in [0.15, 0.2) is 0 Å². The molecule has 0 aromatic heterocycles. The van der Waals surface area contributed by atoms with E-state index < -0.39 is 10.7 Å². The first kappa shape index (κ1) is 15.0. The SMILES string of the molecule is CCCc1ccc(NCc2cc(F)cc([N+](=O)[O-])c2)cc1. The molecule has 2 rings (SSSR count). The van der Waals surface area contributed by atoms with E-state index in [2.05, 4.69) is 12.2 Å². The summed E-state index contributed by atoms with van der Waals surface area (Å²) in [6.07, 6.45) is 2.14. The van der Waals surface area contributed by atoms with Gasteiger partial charge in [0.05, 0.1) is 11.0 Å². The zero-order valence-electron chi connectivity index (χ0n) is 11.8. The lowest BCUT2D eigenvalue weighted by Crippen LogP contribution is -2.01. The van der Waals surface area contributed by atoms with Gasteiger partial charge in [0, 0.05) is 18.3 Å². The first-order valence-corrected chi connectivity index (χ1v) is 6.85. The molecule has 0 bridgehead atoms. The Balaban J connectivity index is 2.04. The van der Waals surface area contributed by atoms with Gasteiger partial charge in [-0.3, -0.25) is 10.1 Å². The third kappa shape index (κ3) is 4.27. The molecule has 0 fully saturated rings. The summed E-state index contributed by atoms with van der Waals surface area (Å²) in [6, 6.07) is 11.6. The van der Waals surface area contributed by atoms with Crippen LogP contribution in [0.2, 0.25) is 0 Å². The number of nitro groups is 1. The van der Waals surface area contributed by atoms with E-state index in [1.165, 1.54) is 17.7 Å².